The van der Waals surface area contributed by atoms with E-state index in [0.29, 0.717) is 17.2 Å². The third kappa shape index (κ3) is 4.36. The first kappa shape index (κ1) is 17.6. The summed E-state index contributed by atoms with van der Waals surface area (Å²) in [6, 6.07) is 16.8. The van der Waals surface area contributed by atoms with Gasteiger partial charge in [0.05, 0.1) is 11.3 Å². The van der Waals surface area contributed by atoms with Gasteiger partial charge >= 0.3 is 0 Å². The van der Waals surface area contributed by atoms with Gasteiger partial charge in [0.25, 0.3) is 0 Å². The highest BCUT2D eigenvalue weighted by molar-refractivity contribution is 5.97. The average molecular weight is 321 g/mol. The van der Waals surface area contributed by atoms with E-state index in [-0.39, 0.29) is 5.91 Å². The molecule has 0 aromatic heterocycles. The Morgan fingerprint density at radius 2 is 1.79 bits per heavy atom. The summed E-state index contributed by atoms with van der Waals surface area (Å²) in [5, 5.41) is 15.1. The summed E-state index contributed by atoms with van der Waals surface area (Å²) in [6.45, 7) is 6.17. The fourth-order valence-electron chi connectivity index (χ4n) is 2.39. The van der Waals surface area contributed by atoms with Gasteiger partial charge in [0.1, 0.15) is 12.1 Å². The molecule has 2 N–H and O–H groups in total. The zero-order chi connectivity index (χ0) is 17.5. The normalized spacial score (nSPS) is 12.8. The van der Waals surface area contributed by atoms with Crippen LogP contribution in [-0.2, 0) is 4.79 Å². The molecule has 0 bridgehead atoms. The lowest BCUT2D eigenvalue weighted by Gasteiger charge is -2.17. The monoisotopic (exact) mass is 321 g/mol. The van der Waals surface area contributed by atoms with Gasteiger partial charge in [-0.3, -0.25) is 4.79 Å². The number of anilines is 2. The van der Waals surface area contributed by atoms with Gasteiger partial charge in [0.2, 0.25) is 5.91 Å². The minimum atomic E-state index is -0.411. The van der Waals surface area contributed by atoms with E-state index in [9.17, 15) is 4.79 Å². The van der Waals surface area contributed by atoms with Crippen molar-refractivity contribution in [3.05, 3.63) is 59.7 Å². The summed E-state index contributed by atoms with van der Waals surface area (Å²) in [7, 11) is 0. The zero-order valence-corrected chi connectivity index (χ0v) is 14.3. The molecule has 4 heteroatoms. The van der Waals surface area contributed by atoms with E-state index in [2.05, 4.69) is 42.7 Å². The molecule has 0 saturated heterocycles. The average Bonchev–Trinajstić information content (AvgIpc) is 2.62. The summed E-state index contributed by atoms with van der Waals surface area (Å²) in [4.78, 5) is 12.3. The van der Waals surface area contributed by atoms with Crippen LogP contribution in [0.2, 0.25) is 0 Å². The Balaban J connectivity index is 2.00. The maximum atomic E-state index is 12.3. The lowest BCUT2D eigenvalue weighted by Crippen LogP contribution is -2.32. The van der Waals surface area contributed by atoms with Gasteiger partial charge < -0.3 is 10.6 Å². The van der Waals surface area contributed by atoms with Crippen molar-refractivity contribution in [1.82, 2.24) is 0 Å². The van der Waals surface area contributed by atoms with Crippen LogP contribution in [0.4, 0.5) is 11.4 Å². The van der Waals surface area contributed by atoms with E-state index in [1.807, 2.05) is 12.1 Å². The van der Waals surface area contributed by atoms with Crippen molar-refractivity contribution in [2.24, 2.45) is 0 Å². The summed E-state index contributed by atoms with van der Waals surface area (Å²) < 4.78 is 0. The van der Waals surface area contributed by atoms with Gasteiger partial charge in [-0.1, -0.05) is 38.1 Å². The van der Waals surface area contributed by atoms with E-state index in [4.69, 9.17) is 5.26 Å². The lowest BCUT2D eigenvalue weighted by molar-refractivity contribution is -0.116. The third-order valence-electron chi connectivity index (χ3n) is 4.17. The molecule has 2 atom stereocenters. The van der Waals surface area contributed by atoms with Crippen molar-refractivity contribution in [1.29, 1.82) is 5.26 Å². The first-order chi connectivity index (χ1) is 11.5. The molecule has 2 rings (SSSR count). The van der Waals surface area contributed by atoms with Crippen LogP contribution in [0.25, 0.3) is 0 Å². The fourth-order valence-corrected chi connectivity index (χ4v) is 2.39. The van der Waals surface area contributed by atoms with Crippen LogP contribution in [0.3, 0.4) is 0 Å². The van der Waals surface area contributed by atoms with E-state index in [0.717, 1.165) is 12.1 Å². The predicted molar refractivity (Wildman–Crippen MR) is 98.0 cm³/mol. The quantitative estimate of drug-likeness (QED) is 0.822. The number of amides is 1. The second kappa shape index (κ2) is 8.16. The Kier molecular flexibility index (Phi) is 5.97. The van der Waals surface area contributed by atoms with Crippen molar-refractivity contribution in [3.8, 4) is 6.07 Å². The molecular formula is C20H23N3O. The number of nitrogens with zero attached hydrogens (tertiary/aromatic N) is 1. The highest BCUT2D eigenvalue weighted by Crippen LogP contribution is 2.21. The Labute approximate surface area is 143 Å². The van der Waals surface area contributed by atoms with E-state index < -0.39 is 6.04 Å². The highest BCUT2D eigenvalue weighted by Gasteiger charge is 2.14. The van der Waals surface area contributed by atoms with E-state index >= 15 is 0 Å². The maximum absolute atomic E-state index is 12.3. The number of rotatable bonds is 6. The number of carbonyl (C=O) groups excluding carboxylic acids is 1. The van der Waals surface area contributed by atoms with Crippen molar-refractivity contribution >= 4 is 17.3 Å². The molecule has 24 heavy (non-hydrogen) atoms. The molecule has 1 amide bonds. The number of benzene rings is 2. The molecule has 0 fully saturated rings. The summed E-state index contributed by atoms with van der Waals surface area (Å²) >= 11 is 0. The zero-order valence-electron chi connectivity index (χ0n) is 14.3. The molecule has 0 aliphatic carbocycles. The first-order valence-corrected chi connectivity index (χ1v) is 8.21. The second-order valence-electron chi connectivity index (χ2n) is 5.94. The molecule has 0 unspecified atom stereocenters. The van der Waals surface area contributed by atoms with Gasteiger partial charge in [-0.15, -0.1) is 0 Å². The van der Waals surface area contributed by atoms with Crippen molar-refractivity contribution in [2.45, 2.75) is 39.2 Å². The molecule has 0 spiro atoms. The molecule has 2 aromatic rings. The van der Waals surface area contributed by atoms with Crippen molar-refractivity contribution in [3.63, 3.8) is 0 Å². The third-order valence-corrected chi connectivity index (χ3v) is 4.17. The Hall–Kier alpha value is -2.80. The van der Waals surface area contributed by atoms with Crippen LogP contribution in [0.1, 0.15) is 44.2 Å². The topological polar surface area (TPSA) is 64.9 Å². The molecule has 0 aliphatic heterocycles. The second-order valence-corrected chi connectivity index (χ2v) is 5.94. The van der Waals surface area contributed by atoms with Crippen LogP contribution < -0.4 is 10.6 Å². The minimum absolute atomic E-state index is 0.177. The van der Waals surface area contributed by atoms with Gasteiger partial charge in [-0.25, -0.2) is 0 Å². The molecule has 0 heterocycles. The first-order valence-electron chi connectivity index (χ1n) is 8.21. The molecule has 2 aromatic carbocycles. The van der Waals surface area contributed by atoms with E-state index in [1.165, 1.54) is 5.56 Å². The Morgan fingerprint density at radius 3 is 2.42 bits per heavy atom. The number of nitriles is 1. The van der Waals surface area contributed by atoms with Crippen molar-refractivity contribution in [2.75, 3.05) is 10.6 Å². The van der Waals surface area contributed by atoms with Crippen LogP contribution in [0.15, 0.2) is 48.5 Å². The number of hydrogen-bond acceptors (Lipinski definition) is 3. The Bertz CT molecular complexity index is 731. The molecule has 0 aliphatic rings. The van der Waals surface area contributed by atoms with Gasteiger partial charge in [0.15, 0.2) is 0 Å². The predicted octanol–water partition coefficient (Wildman–Crippen LogP) is 4.51. The molecule has 0 radical (unpaired) electrons. The van der Waals surface area contributed by atoms with Crippen LogP contribution in [-0.4, -0.2) is 11.9 Å². The lowest BCUT2D eigenvalue weighted by atomic mass is 9.98. The number of para-hydroxylation sites is 1. The maximum Gasteiger partial charge on any atom is 0.246 e. The SMILES string of the molecule is CC[C@@H](C)c1ccc(N[C@H](C)C(=O)Nc2ccccc2C#N)cc1. The largest absolute Gasteiger partial charge is 0.374 e. The fraction of sp³-hybridized carbons (Fsp3) is 0.300. The van der Waals surface area contributed by atoms with Crippen LogP contribution >= 0.6 is 0 Å². The summed E-state index contributed by atoms with van der Waals surface area (Å²) in [6.07, 6.45) is 1.10. The number of carbonyl (C=O) groups is 1. The smallest absolute Gasteiger partial charge is 0.246 e. The molecular weight excluding hydrogens is 298 g/mol. The van der Waals surface area contributed by atoms with Gasteiger partial charge in [0, 0.05) is 5.69 Å². The molecule has 4 nitrogen and oxygen atoms in total. The number of nitrogens with one attached hydrogen (secondary N) is 2. The van der Waals surface area contributed by atoms with Gasteiger partial charge in [-0.05, 0) is 49.1 Å². The standard InChI is InChI=1S/C20H23N3O/c1-4-14(2)16-9-11-18(12-10-16)22-15(3)20(24)23-19-8-6-5-7-17(19)13-21/h5-12,14-15,22H,4H2,1-3H3,(H,23,24)/t14-,15-/m1/s1. The molecule has 0 saturated carbocycles. The van der Waals surface area contributed by atoms with Crippen molar-refractivity contribution < 1.29 is 4.79 Å². The Morgan fingerprint density at radius 1 is 1.12 bits per heavy atom. The summed E-state index contributed by atoms with van der Waals surface area (Å²) in [5.41, 5.74) is 3.18. The summed E-state index contributed by atoms with van der Waals surface area (Å²) in [5.74, 6) is 0.353. The van der Waals surface area contributed by atoms with Crippen LogP contribution in [0, 0.1) is 11.3 Å². The van der Waals surface area contributed by atoms with E-state index in [1.54, 1.807) is 31.2 Å². The highest BCUT2D eigenvalue weighted by atomic mass is 16.2. The molecule has 124 valence electrons. The van der Waals surface area contributed by atoms with Gasteiger partial charge in [-0.2, -0.15) is 5.26 Å². The minimum Gasteiger partial charge on any atom is -0.374 e. The van der Waals surface area contributed by atoms with Crippen LogP contribution in [0.5, 0.6) is 0 Å². The number of hydrogen-bond donors (Lipinski definition) is 2.